The van der Waals surface area contributed by atoms with E-state index < -0.39 is 10.7 Å². The number of hydrogen-bond acceptors (Lipinski definition) is 5. The maximum Gasteiger partial charge on any atom is 0.278 e. The third kappa shape index (κ3) is 4.23. The summed E-state index contributed by atoms with van der Waals surface area (Å²) < 4.78 is 29.5. The average Bonchev–Trinajstić information content (AvgIpc) is 3.25. The van der Waals surface area contributed by atoms with Crippen molar-refractivity contribution in [2.75, 3.05) is 0 Å². The van der Waals surface area contributed by atoms with E-state index in [0.717, 1.165) is 21.9 Å². The summed E-state index contributed by atoms with van der Waals surface area (Å²) in [6.07, 6.45) is 3.31. The van der Waals surface area contributed by atoms with Gasteiger partial charge in [-0.1, -0.05) is 78.9 Å². The molecule has 2 aromatic heterocycles. The first kappa shape index (κ1) is 20.9. The lowest BCUT2D eigenvalue weighted by atomic mass is 9.98. The van der Waals surface area contributed by atoms with Crippen LogP contribution in [0.2, 0.25) is 0 Å². The predicted molar refractivity (Wildman–Crippen MR) is 129 cm³/mol. The van der Waals surface area contributed by atoms with Gasteiger partial charge >= 0.3 is 0 Å². The van der Waals surface area contributed by atoms with Crippen LogP contribution in [0.25, 0.3) is 33.2 Å². The third-order valence-electron chi connectivity index (χ3n) is 5.53. The molecule has 7 heteroatoms. The zero-order chi connectivity index (χ0) is 22.8. The van der Waals surface area contributed by atoms with Crippen LogP contribution in [0.5, 0.6) is 0 Å². The summed E-state index contributed by atoms with van der Waals surface area (Å²) in [5, 5.41) is 6.18. The van der Waals surface area contributed by atoms with Crippen LogP contribution in [0.1, 0.15) is 11.1 Å². The zero-order valence-electron chi connectivity index (χ0n) is 17.5. The summed E-state index contributed by atoms with van der Waals surface area (Å²) in [5.41, 5.74) is 3.19. The van der Waals surface area contributed by atoms with Crippen LogP contribution in [0, 0.1) is 0 Å². The van der Waals surface area contributed by atoms with E-state index in [0.29, 0.717) is 29.0 Å². The number of nitrogens with zero attached hydrogens (tertiary/aromatic N) is 2. The quantitative estimate of drug-likeness (QED) is 0.381. The number of furan rings is 1. The highest BCUT2D eigenvalue weighted by Crippen LogP contribution is 2.34. The minimum absolute atomic E-state index is 0.0256. The molecule has 0 atom stereocenters. The van der Waals surface area contributed by atoms with Crippen LogP contribution in [0.15, 0.2) is 101 Å². The van der Waals surface area contributed by atoms with E-state index in [9.17, 15) is 13.2 Å². The Morgan fingerprint density at radius 1 is 0.848 bits per heavy atom. The van der Waals surface area contributed by atoms with Crippen molar-refractivity contribution < 1.29 is 12.8 Å². The molecule has 5 rings (SSSR count). The lowest BCUT2D eigenvalue weighted by Gasteiger charge is -2.12. The van der Waals surface area contributed by atoms with E-state index >= 15 is 0 Å². The van der Waals surface area contributed by atoms with Gasteiger partial charge in [-0.3, -0.25) is 4.79 Å². The standard InChI is InChI=1S/C26H20N2O4S/c29-26-24(25-22-9-5-4-8-21(22)16-32-25)23(20-12-10-19(11-13-20)17-33(30)31)14-27-28(26)15-18-6-2-1-3-7-18/h1-14,16,33H,15,17H2. The summed E-state index contributed by atoms with van der Waals surface area (Å²) in [6.45, 7) is 0.334. The number of benzene rings is 3. The number of rotatable bonds is 6. The molecule has 0 spiro atoms. The van der Waals surface area contributed by atoms with Crippen LogP contribution in [0.4, 0.5) is 0 Å². The van der Waals surface area contributed by atoms with Crippen LogP contribution in [-0.2, 0) is 23.0 Å². The molecule has 5 aromatic rings. The second-order valence-electron chi connectivity index (χ2n) is 7.72. The van der Waals surface area contributed by atoms with Crippen molar-refractivity contribution >= 4 is 21.5 Å². The Hall–Kier alpha value is -3.97. The molecule has 2 heterocycles. The summed E-state index contributed by atoms with van der Waals surface area (Å²) in [5.74, 6) is 0.462. The molecular formula is C26H20N2O4S. The fourth-order valence-electron chi connectivity index (χ4n) is 3.92. The molecule has 3 aromatic carbocycles. The van der Waals surface area contributed by atoms with Gasteiger partial charge in [-0.05, 0) is 16.7 Å². The van der Waals surface area contributed by atoms with Crippen LogP contribution >= 0.6 is 0 Å². The lowest BCUT2D eigenvalue weighted by Crippen LogP contribution is -2.25. The fraction of sp³-hybridized carbons (Fsp3) is 0.0769. The smallest absolute Gasteiger partial charge is 0.278 e. The van der Waals surface area contributed by atoms with Gasteiger partial charge in [-0.2, -0.15) is 5.10 Å². The van der Waals surface area contributed by atoms with Crippen molar-refractivity contribution in [3.05, 3.63) is 113 Å². The maximum absolute atomic E-state index is 13.7. The number of fused-ring (bicyclic) bond motifs is 1. The molecule has 0 unspecified atom stereocenters. The van der Waals surface area contributed by atoms with E-state index in [1.807, 2.05) is 54.6 Å². The second-order valence-corrected chi connectivity index (χ2v) is 8.70. The fourth-order valence-corrected chi connectivity index (χ4v) is 4.43. The van der Waals surface area contributed by atoms with E-state index in [2.05, 4.69) is 5.10 Å². The van der Waals surface area contributed by atoms with E-state index in [1.54, 1.807) is 36.7 Å². The van der Waals surface area contributed by atoms with Gasteiger partial charge in [0.2, 0.25) is 0 Å². The SMILES string of the molecule is O=c1c(-c2occ3ccccc23)c(-c2ccc(C[SH](=O)=O)cc2)cnn1Cc1ccccc1. The zero-order valence-corrected chi connectivity index (χ0v) is 18.4. The van der Waals surface area contributed by atoms with Gasteiger partial charge in [0, 0.05) is 16.3 Å². The highest BCUT2D eigenvalue weighted by atomic mass is 32.2. The summed E-state index contributed by atoms with van der Waals surface area (Å²) in [4.78, 5) is 13.7. The van der Waals surface area contributed by atoms with Gasteiger partial charge in [0.15, 0.2) is 0 Å². The van der Waals surface area contributed by atoms with Crippen LogP contribution in [0.3, 0.4) is 0 Å². The lowest BCUT2D eigenvalue weighted by molar-refractivity contribution is 0.580. The van der Waals surface area contributed by atoms with Crippen molar-refractivity contribution in [1.29, 1.82) is 0 Å². The Morgan fingerprint density at radius 3 is 2.33 bits per heavy atom. The summed E-state index contributed by atoms with van der Waals surface area (Å²) in [7, 11) is -2.51. The number of thiol groups is 1. The normalized spacial score (nSPS) is 11.3. The molecule has 0 aliphatic heterocycles. The minimum atomic E-state index is -2.51. The van der Waals surface area contributed by atoms with Crippen molar-refractivity contribution in [1.82, 2.24) is 9.78 Å². The topological polar surface area (TPSA) is 82.2 Å². The van der Waals surface area contributed by atoms with Gasteiger partial charge in [-0.15, -0.1) is 0 Å². The minimum Gasteiger partial charge on any atom is -0.463 e. The van der Waals surface area contributed by atoms with Crippen molar-refractivity contribution in [2.24, 2.45) is 0 Å². The van der Waals surface area contributed by atoms with Gasteiger partial charge in [-0.25, -0.2) is 13.1 Å². The third-order valence-corrected chi connectivity index (χ3v) is 6.16. The van der Waals surface area contributed by atoms with E-state index in [-0.39, 0.29) is 11.3 Å². The van der Waals surface area contributed by atoms with E-state index in [4.69, 9.17) is 4.42 Å². The molecule has 0 radical (unpaired) electrons. The molecule has 164 valence electrons. The van der Waals surface area contributed by atoms with Gasteiger partial charge in [0.05, 0.1) is 30.3 Å². The number of aromatic nitrogens is 2. The van der Waals surface area contributed by atoms with Gasteiger partial charge in [0.1, 0.15) is 16.5 Å². The Balaban J connectivity index is 1.69. The first-order chi connectivity index (χ1) is 16.1. The Bertz CT molecular complexity index is 1560. The second kappa shape index (κ2) is 8.88. The van der Waals surface area contributed by atoms with Crippen LogP contribution in [-0.4, -0.2) is 18.2 Å². The van der Waals surface area contributed by atoms with Gasteiger partial charge in [0.25, 0.3) is 5.56 Å². The molecule has 0 saturated carbocycles. The van der Waals surface area contributed by atoms with Crippen molar-refractivity contribution in [2.45, 2.75) is 12.3 Å². The molecule has 0 bridgehead atoms. The highest BCUT2D eigenvalue weighted by molar-refractivity contribution is 7.71. The number of hydrogen-bond donors (Lipinski definition) is 1. The Morgan fingerprint density at radius 2 is 1.58 bits per heavy atom. The highest BCUT2D eigenvalue weighted by Gasteiger charge is 2.20. The first-order valence-electron chi connectivity index (χ1n) is 10.4. The summed E-state index contributed by atoms with van der Waals surface area (Å²) in [6, 6.07) is 24.5. The van der Waals surface area contributed by atoms with Crippen LogP contribution < -0.4 is 5.56 Å². The molecular weight excluding hydrogens is 436 g/mol. The Labute approximate surface area is 191 Å². The summed E-state index contributed by atoms with van der Waals surface area (Å²) >= 11 is 0. The molecule has 0 aliphatic rings. The van der Waals surface area contributed by atoms with Gasteiger partial charge < -0.3 is 4.42 Å². The predicted octanol–water partition coefficient (Wildman–Crippen LogP) is 4.48. The monoisotopic (exact) mass is 456 g/mol. The maximum atomic E-state index is 13.7. The average molecular weight is 457 g/mol. The first-order valence-corrected chi connectivity index (χ1v) is 11.8. The molecule has 0 fully saturated rings. The van der Waals surface area contributed by atoms with Crippen molar-refractivity contribution in [3.63, 3.8) is 0 Å². The Kier molecular flexibility index (Phi) is 5.62. The molecule has 0 N–H and O–H groups in total. The molecule has 0 aliphatic carbocycles. The molecule has 0 saturated heterocycles. The molecule has 0 amide bonds. The van der Waals surface area contributed by atoms with E-state index in [1.165, 1.54) is 4.68 Å². The van der Waals surface area contributed by atoms with Crippen molar-refractivity contribution in [3.8, 4) is 22.5 Å². The largest absolute Gasteiger partial charge is 0.463 e. The molecule has 33 heavy (non-hydrogen) atoms. The molecule has 6 nitrogen and oxygen atoms in total.